The largest absolute Gasteiger partial charge is 0.319 e. The van der Waals surface area contributed by atoms with Gasteiger partial charge < -0.3 is 5.32 Å². The van der Waals surface area contributed by atoms with Crippen molar-refractivity contribution in [3.8, 4) is 0 Å². The van der Waals surface area contributed by atoms with Crippen molar-refractivity contribution in [2.45, 2.75) is 0 Å². The lowest BCUT2D eigenvalue weighted by atomic mass is 10.2. The molecule has 0 aliphatic carbocycles. The van der Waals surface area contributed by atoms with Crippen LogP contribution in [0.25, 0.3) is 0 Å². The summed E-state index contributed by atoms with van der Waals surface area (Å²) >= 11 is 6.69. The van der Waals surface area contributed by atoms with E-state index in [-0.39, 0.29) is 5.91 Å². The quantitative estimate of drug-likeness (QED) is 0.896. The molecule has 88 valence electrons. The van der Waals surface area contributed by atoms with Crippen LogP contribution in [-0.2, 0) is 7.05 Å². The third-order valence-electron chi connectivity index (χ3n) is 2.09. The van der Waals surface area contributed by atoms with Crippen LogP contribution in [0.4, 0.5) is 5.69 Å². The highest BCUT2D eigenvalue weighted by molar-refractivity contribution is 9.11. The normalized spacial score (nSPS) is 10.3. The Bertz CT molecular complexity index is 545. The minimum Gasteiger partial charge on any atom is -0.319 e. The van der Waals surface area contributed by atoms with Crippen molar-refractivity contribution in [2.24, 2.45) is 7.05 Å². The van der Waals surface area contributed by atoms with Crippen molar-refractivity contribution in [1.82, 2.24) is 9.78 Å². The van der Waals surface area contributed by atoms with Crippen molar-refractivity contribution < 1.29 is 4.79 Å². The van der Waals surface area contributed by atoms with Crippen LogP contribution >= 0.6 is 31.9 Å². The summed E-state index contributed by atoms with van der Waals surface area (Å²) in [7, 11) is 1.80. The molecule has 0 aliphatic heterocycles. The summed E-state index contributed by atoms with van der Waals surface area (Å²) in [4.78, 5) is 11.9. The highest BCUT2D eigenvalue weighted by Gasteiger charge is 2.08. The average Bonchev–Trinajstić information content (AvgIpc) is 2.62. The van der Waals surface area contributed by atoms with E-state index in [0.29, 0.717) is 11.3 Å². The van der Waals surface area contributed by atoms with Crippen LogP contribution in [-0.4, -0.2) is 15.7 Å². The molecular formula is C11H9Br2N3O. The fourth-order valence-corrected chi connectivity index (χ4v) is 2.67. The summed E-state index contributed by atoms with van der Waals surface area (Å²) in [6.45, 7) is 0. The standard InChI is InChI=1S/C11H9Br2N3O/c1-16-6-10(5-14-16)15-11(17)7-2-8(12)4-9(13)3-7/h2-6H,1H3,(H,15,17). The molecule has 2 aromatic rings. The third-order valence-corrected chi connectivity index (χ3v) is 3.00. The first-order chi connectivity index (χ1) is 8.04. The number of halogens is 2. The zero-order valence-corrected chi connectivity index (χ0v) is 12.1. The molecule has 6 heteroatoms. The number of benzene rings is 1. The third kappa shape index (κ3) is 3.17. The maximum absolute atomic E-state index is 11.9. The number of anilines is 1. The van der Waals surface area contributed by atoms with E-state index in [9.17, 15) is 4.79 Å². The van der Waals surface area contributed by atoms with Gasteiger partial charge in [0.2, 0.25) is 0 Å². The smallest absolute Gasteiger partial charge is 0.255 e. The lowest BCUT2D eigenvalue weighted by Crippen LogP contribution is -2.11. The number of hydrogen-bond donors (Lipinski definition) is 1. The second-order valence-corrected chi connectivity index (χ2v) is 5.35. The Morgan fingerprint density at radius 2 is 1.94 bits per heavy atom. The summed E-state index contributed by atoms with van der Waals surface area (Å²) in [5.41, 5.74) is 1.25. The van der Waals surface area contributed by atoms with Crippen LogP contribution in [0.2, 0.25) is 0 Å². The van der Waals surface area contributed by atoms with Crippen LogP contribution in [0, 0.1) is 0 Å². The van der Waals surface area contributed by atoms with Crippen molar-refractivity contribution in [3.05, 3.63) is 45.1 Å². The highest BCUT2D eigenvalue weighted by Crippen LogP contribution is 2.20. The van der Waals surface area contributed by atoms with Crippen molar-refractivity contribution >= 4 is 43.5 Å². The molecule has 0 saturated heterocycles. The molecule has 1 heterocycles. The van der Waals surface area contributed by atoms with Gasteiger partial charge in [-0.3, -0.25) is 9.48 Å². The summed E-state index contributed by atoms with van der Waals surface area (Å²) in [5, 5.41) is 6.75. The average molecular weight is 359 g/mol. The van der Waals surface area contributed by atoms with Crippen molar-refractivity contribution in [2.75, 3.05) is 5.32 Å². The van der Waals surface area contributed by atoms with E-state index in [1.807, 2.05) is 6.07 Å². The van der Waals surface area contributed by atoms with Crippen molar-refractivity contribution in [1.29, 1.82) is 0 Å². The first-order valence-corrected chi connectivity index (χ1v) is 6.39. The topological polar surface area (TPSA) is 46.9 Å². The number of nitrogens with zero attached hydrogens (tertiary/aromatic N) is 2. The molecule has 0 aliphatic rings. The van der Waals surface area contributed by atoms with Gasteiger partial charge in [0.25, 0.3) is 5.91 Å². The van der Waals surface area contributed by atoms with Gasteiger partial charge in [-0.1, -0.05) is 31.9 Å². The number of rotatable bonds is 2. The van der Waals surface area contributed by atoms with Crippen LogP contribution in [0.5, 0.6) is 0 Å². The minimum absolute atomic E-state index is 0.167. The summed E-state index contributed by atoms with van der Waals surface area (Å²) in [6.07, 6.45) is 3.34. The zero-order chi connectivity index (χ0) is 12.4. The van der Waals surface area contributed by atoms with Crippen LogP contribution in [0.1, 0.15) is 10.4 Å². The lowest BCUT2D eigenvalue weighted by Gasteiger charge is -2.03. The molecule has 17 heavy (non-hydrogen) atoms. The molecule has 0 atom stereocenters. The van der Waals surface area contributed by atoms with Crippen LogP contribution in [0.3, 0.4) is 0 Å². The summed E-state index contributed by atoms with van der Waals surface area (Å²) in [6, 6.07) is 5.40. The minimum atomic E-state index is -0.167. The molecule has 0 fully saturated rings. The SMILES string of the molecule is Cn1cc(NC(=O)c2cc(Br)cc(Br)c2)cn1. The van der Waals surface area contributed by atoms with Gasteiger partial charge in [-0.15, -0.1) is 0 Å². The number of aromatic nitrogens is 2. The molecule has 0 bridgehead atoms. The number of carbonyl (C=O) groups excluding carboxylic acids is 1. The number of hydrogen-bond acceptors (Lipinski definition) is 2. The number of aryl methyl sites for hydroxylation is 1. The van der Waals surface area contributed by atoms with E-state index in [0.717, 1.165) is 8.95 Å². The van der Waals surface area contributed by atoms with Gasteiger partial charge in [0.1, 0.15) is 0 Å². The van der Waals surface area contributed by atoms with Gasteiger partial charge in [-0.05, 0) is 18.2 Å². The monoisotopic (exact) mass is 357 g/mol. The Kier molecular flexibility index (Phi) is 3.63. The van der Waals surface area contributed by atoms with Gasteiger partial charge in [-0.2, -0.15) is 5.10 Å². The number of amides is 1. The Labute approximate surface area is 115 Å². The molecule has 1 N–H and O–H groups in total. The Morgan fingerprint density at radius 1 is 1.29 bits per heavy atom. The van der Waals surface area contributed by atoms with E-state index in [1.165, 1.54) is 0 Å². The van der Waals surface area contributed by atoms with Crippen molar-refractivity contribution in [3.63, 3.8) is 0 Å². The first-order valence-electron chi connectivity index (χ1n) is 4.81. The maximum atomic E-state index is 11.9. The molecule has 2 rings (SSSR count). The Morgan fingerprint density at radius 3 is 2.47 bits per heavy atom. The molecule has 0 saturated carbocycles. The fourth-order valence-electron chi connectivity index (χ4n) is 1.37. The second kappa shape index (κ2) is 5.01. The fraction of sp³-hybridized carbons (Fsp3) is 0.0909. The molecule has 1 aromatic carbocycles. The molecular weight excluding hydrogens is 350 g/mol. The molecule has 0 spiro atoms. The zero-order valence-electron chi connectivity index (χ0n) is 8.95. The maximum Gasteiger partial charge on any atom is 0.255 e. The van der Waals surface area contributed by atoms with Gasteiger partial charge in [-0.25, -0.2) is 0 Å². The van der Waals surface area contributed by atoms with Crippen LogP contribution < -0.4 is 5.32 Å². The summed E-state index contributed by atoms with van der Waals surface area (Å²) < 4.78 is 3.33. The second-order valence-electron chi connectivity index (χ2n) is 3.51. The van der Waals surface area contributed by atoms with E-state index in [2.05, 4.69) is 42.3 Å². The summed E-state index contributed by atoms with van der Waals surface area (Å²) in [5.74, 6) is -0.167. The molecule has 4 nitrogen and oxygen atoms in total. The first kappa shape index (κ1) is 12.3. The molecule has 1 aromatic heterocycles. The molecule has 0 unspecified atom stereocenters. The van der Waals surface area contributed by atoms with Gasteiger partial charge in [0.05, 0.1) is 11.9 Å². The predicted molar refractivity (Wildman–Crippen MR) is 73.0 cm³/mol. The van der Waals surface area contributed by atoms with E-state index in [4.69, 9.17) is 0 Å². The molecule has 1 amide bonds. The number of carbonyl (C=O) groups is 1. The highest BCUT2D eigenvalue weighted by atomic mass is 79.9. The Hall–Kier alpha value is -1.14. The number of nitrogens with one attached hydrogen (secondary N) is 1. The Balaban J connectivity index is 2.19. The van der Waals surface area contributed by atoms with Gasteiger partial charge in [0, 0.05) is 27.8 Å². The predicted octanol–water partition coefficient (Wildman–Crippen LogP) is 3.20. The van der Waals surface area contributed by atoms with E-state index < -0.39 is 0 Å². The van der Waals surface area contributed by atoms with Crippen LogP contribution in [0.15, 0.2) is 39.5 Å². The van der Waals surface area contributed by atoms with E-state index >= 15 is 0 Å². The van der Waals surface area contributed by atoms with Gasteiger partial charge >= 0.3 is 0 Å². The molecule has 0 radical (unpaired) electrons. The lowest BCUT2D eigenvalue weighted by molar-refractivity contribution is 0.102. The van der Waals surface area contributed by atoms with E-state index in [1.54, 1.807) is 36.3 Å². The van der Waals surface area contributed by atoms with Gasteiger partial charge in [0.15, 0.2) is 0 Å².